The number of para-hydroxylation sites is 1. The molecule has 6 heteroatoms. The summed E-state index contributed by atoms with van der Waals surface area (Å²) >= 11 is 12.6. The highest BCUT2D eigenvalue weighted by molar-refractivity contribution is 6.41. The summed E-state index contributed by atoms with van der Waals surface area (Å²) in [5.74, 6) is -0.160. The van der Waals surface area contributed by atoms with Gasteiger partial charge in [0.25, 0.3) is 5.91 Å². The summed E-state index contributed by atoms with van der Waals surface area (Å²) in [6, 6.07) is 10.8. The first-order chi connectivity index (χ1) is 11.5. The monoisotopic (exact) mass is 361 g/mol. The molecule has 1 amide bonds. The van der Waals surface area contributed by atoms with E-state index in [1.165, 1.54) is 0 Å². The zero-order chi connectivity index (χ0) is 17.3. The van der Waals surface area contributed by atoms with Crippen LogP contribution >= 0.6 is 23.2 Å². The molecule has 124 valence electrons. The molecule has 3 rings (SSSR count). The van der Waals surface area contributed by atoms with Crippen molar-refractivity contribution in [1.82, 2.24) is 15.2 Å². The van der Waals surface area contributed by atoms with E-state index in [9.17, 15) is 4.79 Å². The van der Waals surface area contributed by atoms with Crippen LogP contribution in [0.3, 0.4) is 0 Å². The van der Waals surface area contributed by atoms with Gasteiger partial charge in [-0.15, -0.1) is 0 Å². The van der Waals surface area contributed by atoms with E-state index < -0.39 is 0 Å². The van der Waals surface area contributed by atoms with Crippen molar-refractivity contribution in [2.24, 2.45) is 0 Å². The Labute approximate surface area is 150 Å². The third-order valence-electron chi connectivity index (χ3n) is 3.79. The molecule has 1 N–H and O–H groups in total. The molecule has 0 fully saturated rings. The van der Waals surface area contributed by atoms with E-state index in [4.69, 9.17) is 23.2 Å². The van der Waals surface area contributed by atoms with E-state index in [2.05, 4.69) is 10.3 Å². The topological polar surface area (TPSA) is 45.2 Å². The molecule has 0 radical (unpaired) electrons. The fourth-order valence-electron chi connectivity index (χ4n) is 2.56. The van der Waals surface area contributed by atoms with Gasteiger partial charge in [0.15, 0.2) is 0 Å². The first-order valence-electron chi connectivity index (χ1n) is 7.58. The second-order valence-corrected chi connectivity index (χ2v) is 6.66. The van der Waals surface area contributed by atoms with E-state index in [1.54, 1.807) is 18.2 Å². The maximum atomic E-state index is 12.5. The molecule has 1 aromatic heterocycles. The summed E-state index contributed by atoms with van der Waals surface area (Å²) in [6.07, 6.45) is 0. The van der Waals surface area contributed by atoms with E-state index >= 15 is 0 Å². The van der Waals surface area contributed by atoms with Crippen LogP contribution in [0.25, 0.3) is 21.8 Å². The molecule has 0 aliphatic heterocycles. The van der Waals surface area contributed by atoms with Gasteiger partial charge in [0.2, 0.25) is 0 Å². The van der Waals surface area contributed by atoms with Gasteiger partial charge in [-0.05, 0) is 38.4 Å². The van der Waals surface area contributed by atoms with Gasteiger partial charge in [-0.1, -0.05) is 35.3 Å². The van der Waals surface area contributed by atoms with Gasteiger partial charge < -0.3 is 10.2 Å². The molecule has 0 unspecified atom stereocenters. The molecule has 0 saturated heterocycles. The second-order valence-electron chi connectivity index (χ2n) is 5.85. The molecule has 0 bridgehead atoms. The molecule has 0 saturated carbocycles. The summed E-state index contributed by atoms with van der Waals surface area (Å²) in [6.45, 7) is 1.33. The molecule has 0 atom stereocenters. The lowest BCUT2D eigenvalue weighted by Gasteiger charge is -2.12. The lowest BCUT2D eigenvalue weighted by molar-refractivity contribution is 0.0952. The minimum Gasteiger partial charge on any atom is -0.351 e. The van der Waals surface area contributed by atoms with Gasteiger partial charge in [-0.2, -0.15) is 0 Å². The van der Waals surface area contributed by atoms with Crippen LogP contribution in [0.15, 0.2) is 36.4 Å². The SMILES string of the molecule is CN(C)CCNC(=O)c1cccc2c(Cl)c3ccc(Cl)cc3nc12. The minimum absolute atomic E-state index is 0.160. The smallest absolute Gasteiger partial charge is 0.253 e. The Hall–Kier alpha value is -1.88. The fourth-order valence-corrected chi connectivity index (χ4v) is 3.04. The van der Waals surface area contributed by atoms with Crippen molar-refractivity contribution < 1.29 is 4.79 Å². The average molecular weight is 362 g/mol. The number of nitrogens with zero attached hydrogens (tertiary/aromatic N) is 2. The van der Waals surface area contributed by atoms with Crippen LogP contribution in [-0.2, 0) is 0 Å². The van der Waals surface area contributed by atoms with Gasteiger partial charge in [0, 0.05) is 28.9 Å². The van der Waals surface area contributed by atoms with Crippen molar-refractivity contribution in [2.75, 3.05) is 27.2 Å². The highest BCUT2D eigenvalue weighted by Gasteiger charge is 2.15. The van der Waals surface area contributed by atoms with Gasteiger partial charge in [0.05, 0.1) is 21.6 Å². The number of halogens is 2. The van der Waals surface area contributed by atoms with Crippen LogP contribution in [0, 0.1) is 0 Å². The highest BCUT2D eigenvalue weighted by atomic mass is 35.5. The lowest BCUT2D eigenvalue weighted by Crippen LogP contribution is -2.31. The zero-order valence-electron chi connectivity index (χ0n) is 13.4. The number of amides is 1. The summed E-state index contributed by atoms with van der Waals surface area (Å²) in [7, 11) is 3.92. The Morgan fingerprint density at radius 1 is 1.17 bits per heavy atom. The van der Waals surface area contributed by atoms with Gasteiger partial charge in [0.1, 0.15) is 0 Å². The van der Waals surface area contributed by atoms with E-state index in [1.807, 2.05) is 37.2 Å². The van der Waals surface area contributed by atoms with Gasteiger partial charge in [-0.25, -0.2) is 4.98 Å². The number of fused-ring (bicyclic) bond motifs is 2. The molecule has 2 aromatic carbocycles. The van der Waals surface area contributed by atoms with E-state index in [0.717, 1.165) is 17.3 Å². The maximum Gasteiger partial charge on any atom is 0.253 e. The number of carbonyl (C=O) groups is 1. The second kappa shape index (κ2) is 6.93. The number of pyridine rings is 1. The van der Waals surface area contributed by atoms with E-state index in [0.29, 0.717) is 33.2 Å². The van der Waals surface area contributed by atoms with Crippen LogP contribution in [0.5, 0.6) is 0 Å². The molecule has 3 aromatic rings. The number of likely N-dealkylation sites (N-methyl/N-ethyl adjacent to an activating group) is 1. The number of carbonyl (C=O) groups excluding carboxylic acids is 1. The predicted molar refractivity (Wildman–Crippen MR) is 100 cm³/mol. The molecule has 24 heavy (non-hydrogen) atoms. The molecule has 1 heterocycles. The summed E-state index contributed by atoms with van der Waals surface area (Å²) in [4.78, 5) is 19.1. The highest BCUT2D eigenvalue weighted by Crippen LogP contribution is 2.32. The summed E-state index contributed by atoms with van der Waals surface area (Å²) < 4.78 is 0. The zero-order valence-corrected chi connectivity index (χ0v) is 14.9. The Morgan fingerprint density at radius 3 is 2.71 bits per heavy atom. The molecule has 0 aliphatic carbocycles. The summed E-state index contributed by atoms with van der Waals surface area (Å²) in [5.41, 5.74) is 1.77. The molecular formula is C18H17Cl2N3O. The van der Waals surface area contributed by atoms with Gasteiger partial charge in [-0.3, -0.25) is 4.79 Å². The third kappa shape index (κ3) is 3.31. The molecule has 0 aliphatic rings. The Morgan fingerprint density at radius 2 is 1.96 bits per heavy atom. The van der Waals surface area contributed by atoms with Gasteiger partial charge >= 0.3 is 0 Å². The number of hydrogen-bond acceptors (Lipinski definition) is 3. The number of nitrogens with one attached hydrogen (secondary N) is 1. The van der Waals surface area contributed by atoms with Crippen LogP contribution < -0.4 is 5.32 Å². The average Bonchev–Trinajstić information content (AvgIpc) is 2.54. The first-order valence-corrected chi connectivity index (χ1v) is 8.33. The maximum absolute atomic E-state index is 12.5. The standard InChI is InChI=1S/C18H17Cl2N3O/c1-23(2)9-8-21-18(24)14-5-3-4-13-16(20)12-7-6-11(19)10-15(12)22-17(13)14/h3-7,10H,8-9H2,1-2H3,(H,21,24). The van der Waals surface area contributed by atoms with Crippen LogP contribution in [0.2, 0.25) is 10.0 Å². The Kier molecular flexibility index (Phi) is 4.90. The Balaban J connectivity index is 2.09. The van der Waals surface area contributed by atoms with Crippen molar-refractivity contribution in [3.8, 4) is 0 Å². The van der Waals surface area contributed by atoms with Crippen LogP contribution in [0.1, 0.15) is 10.4 Å². The lowest BCUT2D eigenvalue weighted by atomic mass is 10.1. The van der Waals surface area contributed by atoms with Crippen LogP contribution in [0.4, 0.5) is 0 Å². The molecule has 0 spiro atoms. The fraction of sp³-hybridized carbons (Fsp3) is 0.222. The number of aromatic nitrogens is 1. The van der Waals surface area contributed by atoms with Crippen molar-refractivity contribution in [1.29, 1.82) is 0 Å². The number of rotatable bonds is 4. The van der Waals surface area contributed by atoms with E-state index in [-0.39, 0.29) is 5.91 Å². The van der Waals surface area contributed by atoms with Crippen molar-refractivity contribution in [2.45, 2.75) is 0 Å². The number of hydrogen-bond donors (Lipinski definition) is 1. The minimum atomic E-state index is -0.160. The van der Waals surface area contributed by atoms with Crippen molar-refractivity contribution in [3.63, 3.8) is 0 Å². The van der Waals surface area contributed by atoms with Crippen LogP contribution in [-0.4, -0.2) is 43.0 Å². The normalized spacial score (nSPS) is 11.4. The van der Waals surface area contributed by atoms with Crippen molar-refractivity contribution >= 4 is 50.9 Å². The Bertz CT molecular complexity index is 925. The quantitative estimate of drug-likeness (QED) is 0.714. The predicted octanol–water partition coefficient (Wildman–Crippen LogP) is 3.99. The number of benzene rings is 2. The summed E-state index contributed by atoms with van der Waals surface area (Å²) in [5, 5.41) is 5.65. The largest absolute Gasteiger partial charge is 0.351 e. The van der Waals surface area contributed by atoms with Crippen molar-refractivity contribution in [3.05, 3.63) is 52.0 Å². The first kappa shape index (κ1) is 17.0. The third-order valence-corrected chi connectivity index (χ3v) is 4.43. The molecular weight excluding hydrogens is 345 g/mol. The molecule has 4 nitrogen and oxygen atoms in total.